The Kier molecular flexibility index (Phi) is 6.18. The van der Waals surface area contributed by atoms with Crippen LogP contribution in [-0.2, 0) is 11.3 Å². The molecule has 1 aromatic heterocycles. The van der Waals surface area contributed by atoms with Crippen molar-refractivity contribution in [2.45, 2.75) is 17.9 Å². The molecular formula is C20H20N4O4S. The number of anilines is 1. The van der Waals surface area contributed by atoms with E-state index in [9.17, 15) is 19.2 Å². The van der Waals surface area contributed by atoms with Crippen LogP contribution in [0.25, 0.3) is 10.8 Å². The molecule has 0 radical (unpaired) electrons. The molecule has 29 heavy (non-hydrogen) atoms. The summed E-state index contributed by atoms with van der Waals surface area (Å²) in [6.07, 6.45) is -0.0190. The molecule has 0 aliphatic carbocycles. The molecule has 9 heteroatoms. The van der Waals surface area contributed by atoms with Crippen molar-refractivity contribution in [3.8, 4) is 0 Å². The minimum atomic E-state index is -0.385. The number of aromatic nitrogens is 2. The molecular weight excluding hydrogens is 392 g/mol. The van der Waals surface area contributed by atoms with Crippen molar-refractivity contribution < 1.29 is 9.59 Å². The van der Waals surface area contributed by atoms with Crippen LogP contribution in [0, 0.1) is 0 Å². The second kappa shape index (κ2) is 8.78. The van der Waals surface area contributed by atoms with E-state index in [1.54, 1.807) is 62.6 Å². The van der Waals surface area contributed by atoms with E-state index >= 15 is 0 Å². The predicted octanol–water partition coefficient (Wildman–Crippen LogP) is 2.49. The van der Waals surface area contributed by atoms with Crippen LogP contribution in [0.2, 0.25) is 0 Å². The van der Waals surface area contributed by atoms with Gasteiger partial charge in [0, 0.05) is 25.4 Å². The van der Waals surface area contributed by atoms with Crippen LogP contribution in [0.15, 0.2) is 63.0 Å². The Balaban J connectivity index is 1.73. The van der Waals surface area contributed by atoms with Gasteiger partial charge in [0.05, 0.1) is 23.0 Å². The summed E-state index contributed by atoms with van der Waals surface area (Å²) in [5.41, 5.74) is -0.234. The van der Waals surface area contributed by atoms with Crippen molar-refractivity contribution >= 4 is 39.4 Å². The Morgan fingerprint density at radius 3 is 2.41 bits per heavy atom. The van der Waals surface area contributed by atoms with E-state index in [2.05, 4.69) is 10.4 Å². The lowest BCUT2D eigenvalue weighted by atomic mass is 10.2. The molecule has 0 aliphatic heterocycles. The van der Waals surface area contributed by atoms with Gasteiger partial charge in [-0.2, -0.15) is 0 Å². The normalized spacial score (nSPS) is 10.7. The third-order valence-corrected chi connectivity index (χ3v) is 5.29. The molecule has 2 amide bonds. The Morgan fingerprint density at radius 2 is 1.69 bits per heavy atom. The van der Waals surface area contributed by atoms with E-state index < -0.39 is 0 Å². The fourth-order valence-electron chi connectivity index (χ4n) is 2.67. The Hall–Kier alpha value is -3.33. The van der Waals surface area contributed by atoms with Crippen molar-refractivity contribution in [1.82, 2.24) is 14.7 Å². The van der Waals surface area contributed by atoms with E-state index in [0.717, 1.165) is 16.4 Å². The fraction of sp³-hybridized carbons (Fsp3) is 0.200. The third-order valence-electron chi connectivity index (χ3n) is 4.17. The number of carbonyl (C=O) groups excluding carboxylic acids is 2. The predicted molar refractivity (Wildman–Crippen MR) is 113 cm³/mol. The van der Waals surface area contributed by atoms with Gasteiger partial charge in [-0.1, -0.05) is 24.3 Å². The number of hydrogen-bond donors (Lipinski definition) is 2. The molecule has 0 atom stereocenters. The number of para-hydroxylation sites is 1. The molecule has 2 N–H and O–H groups in total. The van der Waals surface area contributed by atoms with Gasteiger partial charge in [0.2, 0.25) is 5.91 Å². The average Bonchev–Trinajstić information content (AvgIpc) is 2.71. The summed E-state index contributed by atoms with van der Waals surface area (Å²) in [4.78, 5) is 51.0. The van der Waals surface area contributed by atoms with Gasteiger partial charge in [0.25, 0.3) is 16.4 Å². The van der Waals surface area contributed by atoms with E-state index in [1.807, 2.05) is 0 Å². The van der Waals surface area contributed by atoms with Crippen molar-refractivity contribution in [3.63, 3.8) is 0 Å². The Morgan fingerprint density at radius 1 is 1.03 bits per heavy atom. The molecule has 0 saturated carbocycles. The number of hydrogen-bond acceptors (Lipinski definition) is 5. The first-order chi connectivity index (χ1) is 13.9. The zero-order valence-corrected chi connectivity index (χ0v) is 16.8. The van der Waals surface area contributed by atoms with Crippen LogP contribution in [0.4, 0.5) is 10.5 Å². The maximum atomic E-state index is 12.5. The van der Waals surface area contributed by atoms with Gasteiger partial charge in [0.1, 0.15) is 0 Å². The van der Waals surface area contributed by atoms with Crippen molar-refractivity contribution in [1.29, 1.82) is 0 Å². The second-order valence-electron chi connectivity index (χ2n) is 6.50. The molecule has 0 unspecified atom stereocenters. The van der Waals surface area contributed by atoms with E-state index in [0.29, 0.717) is 21.4 Å². The maximum absolute atomic E-state index is 12.5. The molecule has 3 rings (SSSR count). The van der Waals surface area contributed by atoms with Crippen molar-refractivity contribution in [2.75, 3.05) is 19.4 Å². The minimum Gasteiger partial charge on any atom is -0.339 e. The number of fused-ring (bicyclic) bond motifs is 1. The highest BCUT2D eigenvalue weighted by Gasteiger charge is 2.13. The standard InChI is InChI=1S/C20H20N4O4S/c1-23(2)20(28)29-16-10-6-5-9-15(16)21-17(25)11-12-24-19(27)14-8-4-3-7-13(14)18(26)22-24/h3-10H,11-12H2,1-2H3,(H,21,25)(H,22,26). The summed E-state index contributed by atoms with van der Waals surface area (Å²) in [5.74, 6) is -0.337. The molecule has 8 nitrogen and oxygen atoms in total. The summed E-state index contributed by atoms with van der Waals surface area (Å²) < 4.78 is 1.14. The average molecular weight is 412 g/mol. The fourth-order valence-corrected chi connectivity index (χ4v) is 3.42. The molecule has 1 heterocycles. The largest absolute Gasteiger partial charge is 0.339 e. The van der Waals surface area contributed by atoms with Crippen LogP contribution < -0.4 is 16.4 Å². The molecule has 0 bridgehead atoms. The Labute approximate surface area is 170 Å². The van der Waals surface area contributed by atoms with Gasteiger partial charge in [-0.05, 0) is 36.0 Å². The first-order valence-electron chi connectivity index (χ1n) is 8.86. The highest BCUT2D eigenvalue weighted by atomic mass is 32.2. The molecule has 0 spiro atoms. The molecule has 150 valence electrons. The van der Waals surface area contributed by atoms with Crippen LogP contribution in [0.3, 0.4) is 0 Å². The van der Waals surface area contributed by atoms with Gasteiger partial charge in [0.15, 0.2) is 0 Å². The number of benzene rings is 2. The third kappa shape index (κ3) is 4.75. The van der Waals surface area contributed by atoms with E-state index in [1.165, 1.54) is 4.90 Å². The van der Waals surface area contributed by atoms with Gasteiger partial charge in [-0.25, -0.2) is 4.68 Å². The zero-order valence-electron chi connectivity index (χ0n) is 16.0. The topological polar surface area (TPSA) is 104 Å². The number of carbonyl (C=O) groups is 2. The number of H-pyrrole nitrogens is 1. The lowest BCUT2D eigenvalue weighted by Crippen LogP contribution is -2.31. The van der Waals surface area contributed by atoms with Gasteiger partial charge in [-0.15, -0.1) is 0 Å². The summed E-state index contributed by atoms with van der Waals surface area (Å²) in [6, 6.07) is 13.5. The lowest BCUT2D eigenvalue weighted by Gasteiger charge is -2.13. The number of rotatable bonds is 5. The number of aryl methyl sites for hydroxylation is 1. The number of aromatic amines is 1. The van der Waals surface area contributed by atoms with Crippen molar-refractivity contribution in [2.24, 2.45) is 0 Å². The van der Waals surface area contributed by atoms with Gasteiger partial charge >= 0.3 is 0 Å². The highest BCUT2D eigenvalue weighted by molar-refractivity contribution is 8.13. The van der Waals surface area contributed by atoms with Gasteiger partial charge in [-0.3, -0.25) is 24.3 Å². The van der Waals surface area contributed by atoms with Crippen molar-refractivity contribution in [3.05, 3.63) is 69.2 Å². The van der Waals surface area contributed by atoms with E-state index in [-0.39, 0.29) is 35.2 Å². The van der Waals surface area contributed by atoms with Gasteiger partial charge < -0.3 is 10.2 Å². The van der Waals surface area contributed by atoms with Crippen LogP contribution >= 0.6 is 11.8 Å². The number of thioether (sulfide) groups is 1. The van der Waals surface area contributed by atoms with Crippen LogP contribution in [-0.4, -0.2) is 39.9 Å². The highest BCUT2D eigenvalue weighted by Crippen LogP contribution is 2.28. The lowest BCUT2D eigenvalue weighted by molar-refractivity contribution is -0.116. The van der Waals surface area contributed by atoms with Crippen LogP contribution in [0.1, 0.15) is 6.42 Å². The number of nitrogens with one attached hydrogen (secondary N) is 2. The zero-order chi connectivity index (χ0) is 21.0. The summed E-state index contributed by atoms with van der Waals surface area (Å²) >= 11 is 1.01. The smallest absolute Gasteiger partial charge is 0.286 e. The molecule has 3 aromatic rings. The summed E-state index contributed by atoms with van der Waals surface area (Å²) in [7, 11) is 3.30. The molecule has 0 saturated heterocycles. The van der Waals surface area contributed by atoms with Crippen LogP contribution in [0.5, 0.6) is 0 Å². The summed E-state index contributed by atoms with van der Waals surface area (Å²) in [5, 5.41) is 5.72. The Bertz CT molecular complexity index is 1180. The number of amides is 2. The summed E-state index contributed by atoms with van der Waals surface area (Å²) in [6.45, 7) is 0.0245. The van der Waals surface area contributed by atoms with E-state index in [4.69, 9.17) is 0 Å². The molecule has 2 aromatic carbocycles. The minimum absolute atomic E-state index is 0.0190. The monoisotopic (exact) mass is 412 g/mol. The first kappa shape index (κ1) is 20.4. The first-order valence-corrected chi connectivity index (χ1v) is 9.68. The molecule has 0 aliphatic rings. The quantitative estimate of drug-likeness (QED) is 0.627. The number of nitrogens with zero attached hydrogens (tertiary/aromatic N) is 2. The SMILES string of the molecule is CN(C)C(=O)Sc1ccccc1NC(=O)CCn1[nH]c(=O)c2ccccc2c1=O. The molecule has 0 fully saturated rings. The maximum Gasteiger partial charge on any atom is 0.286 e. The second-order valence-corrected chi connectivity index (χ2v) is 7.49.